The molecule has 15 nitrogen and oxygen atoms in total. The molecular formula is C56H76F4N10O5. The van der Waals surface area contributed by atoms with Crippen molar-refractivity contribution < 1.29 is 41.2 Å². The molecule has 6 aliphatic carbocycles. The summed E-state index contributed by atoms with van der Waals surface area (Å²) in [6.45, 7) is 3.03. The third-order valence-corrected chi connectivity index (χ3v) is 14.9. The fourth-order valence-electron chi connectivity index (χ4n) is 9.69. The Balaban J connectivity index is 0.000000137. The van der Waals surface area contributed by atoms with Crippen LogP contribution < -0.4 is 52.4 Å². The molecule has 0 amide bonds. The van der Waals surface area contributed by atoms with E-state index in [4.69, 9.17) is 52.4 Å². The van der Waals surface area contributed by atoms with Gasteiger partial charge < -0.3 is 52.4 Å². The van der Waals surface area contributed by atoms with E-state index >= 15 is 0 Å². The van der Waals surface area contributed by atoms with Crippen LogP contribution in [0.3, 0.4) is 0 Å². The van der Waals surface area contributed by atoms with Crippen molar-refractivity contribution in [1.82, 2.24) is 24.9 Å². The molecule has 6 aliphatic rings. The van der Waals surface area contributed by atoms with Crippen molar-refractivity contribution in [1.29, 1.82) is 0 Å². The molecule has 408 valence electrons. The third-order valence-electron chi connectivity index (χ3n) is 14.9. The summed E-state index contributed by atoms with van der Waals surface area (Å²) < 4.78 is 81.6. The van der Waals surface area contributed by atoms with Crippen molar-refractivity contribution in [3.63, 3.8) is 0 Å². The lowest BCUT2D eigenvalue weighted by atomic mass is 9.55. The number of anilines is 5. The molecule has 6 saturated carbocycles. The van der Waals surface area contributed by atoms with Crippen LogP contribution in [-0.4, -0.2) is 74.2 Å². The minimum absolute atomic E-state index is 0.0972. The van der Waals surface area contributed by atoms with E-state index in [1.165, 1.54) is 76.0 Å². The quantitative estimate of drug-likeness (QED) is 0.0730. The zero-order valence-corrected chi connectivity index (χ0v) is 43.1. The first-order valence-corrected chi connectivity index (χ1v) is 26.6. The number of pyridine rings is 5. The Morgan fingerprint density at radius 1 is 0.467 bits per heavy atom. The highest BCUT2D eigenvalue weighted by atomic mass is 19.3. The summed E-state index contributed by atoms with van der Waals surface area (Å²) in [5, 5.41) is 0. The fraction of sp³-hybridized carbons (Fsp3) is 0.554. The molecule has 10 N–H and O–H groups in total. The smallest absolute Gasteiger partial charge is 0.284 e. The van der Waals surface area contributed by atoms with E-state index in [1.807, 2.05) is 12.1 Å². The number of hydrogen-bond donors (Lipinski definition) is 5. The van der Waals surface area contributed by atoms with Gasteiger partial charge in [0, 0.05) is 11.8 Å². The van der Waals surface area contributed by atoms with Crippen LogP contribution in [0.5, 0.6) is 28.7 Å². The summed E-state index contributed by atoms with van der Waals surface area (Å²) in [6.07, 6.45) is 23.8. The SMILES string of the molecule is CCC1(COc2ccc(N)nc2)CC1.Nc1ccc(OC2CC3(CCC3)C2)cn1.Nc1ccc(OC2CCCCC2(F)F)cn1.Nc1ccc(O[C@@H]2CCCC[C@H]2F)cn1.Nc1ccc(O[C@H]2CCCC[C@H]2F)cn1. The summed E-state index contributed by atoms with van der Waals surface area (Å²) in [6, 6.07) is 17.2. The predicted octanol–water partition coefficient (Wildman–Crippen LogP) is 11.9. The summed E-state index contributed by atoms with van der Waals surface area (Å²) in [5.74, 6) is 2.80. The van der Waals surface area contributed by atoms with Crippen molar-refractivity contribution in [3.05, 3.63) is 91.6 Å². The molecule has 75 heavy (non-hydrogen) atoms. The molecule has 0 saturated heterocycles. The number of nitrogens with two attached hydrogens (primary N) is 5. The average molecular weight is 1050 g/mol. The van der Waals surface area contributed by atoms with Gasteiger partial charge in [-0.15, -0.1) is 0 Å². The van der Waals surface area contributed by atoms with Crippen LogP contribution in [0.1, 0.15) is 135 Å². The van der Waals surface area contributed by atoms with Gasteiger partial charge in [-0.05, 0) is 169 Å². The van der Waals surface area contributed by atoms with Crippen molar-refractivity contribution in [2.75, 3.05) is 35.3 Å². The molecule has 5 atom stereocenters. The lowest BCUT2D eigenvalue weighted by Crippen LogP contribution is -2.48. The number of aromatic nitrogens is 5. The van der Waals surface area contributed by atoms with Crippen LogP contribution in [-0.2, 0) is 0 Å². The lowest BCUT2D eigenvalue weighted by molar-refractivity contribution is -0.119. The van der Waals surface area contributed by atoms with Gasteiger partial charge in [0.15, 0.2) is 6.10 Å². The van der Waals surface area contributed by atoms with Crippen molar-refractivity contribution >= 4 is 29.1 Å². The van der Waals surface area contributed by atoms with Gasteiger partial charge in [0.25, 0.3) is 5.92 Å². The van der Waals surface area contributed by atoms with Gasteiger partial charge in [-0.25, -0.2) is 42.5 Å². The van der Waals surface area contributed by atoms with Gasteiger partial charge in [-0.2, -0.15) is 0 Å². The van der Waals surface area contributed by atoms with Crippen LogP contribution >= 0.6 is 0 Å². The van der Waals surface area contributed by atoms with E-state index < -0.39 is 24.4 Å². The number of nitrogens with zero attached hydrogens (tertiary/aromatic N) is 5. The first-order chi connectivity index (χ1) is 36.1. The molecule has 5 aromatic heterocycles. The Hall–Kier alpha value is -6.53. The van der Waals surface area contributed by atoms with Gasteiger partial charge >= 0.3 is 0 Å². The van der Waals surface area contributed by atoms with Crippen molar-refractivity contribution in [2.24, 2.45) is 10.8 Å². The second kappa shape index (κ2) is 26.8. The monoisotopic (exact) mass is 1040 g/mol. The van der Waals surface area contributed by atoms with E-state index in [1.54, 1.807) is 54.9 Å². The first kappa shape index (κ1) is 56.2. The molecule has 0 aromatic carbocycles. The van der Waals surface area contributed by atoms with Crippen LogP contribution in [0.25, 0.3) is 0 Å². The van der Waals surface area contributed by atoms with E-state index in [2.05, 4.69) is 31.8 Å². The zero-order valence-electron chi connectivity index (χ0n) is 43.1. The Morgan fingerprint density at radius 3 is 1.23 bits per heavy atom. The number of rotatable bonds is 12. The minimum atomic E-state index is -2.74. The summed E-state index contributed by atoms with van der Waals surface area (Å²) >= 11 is 0. The third kappa shape index (κ3) is 17.8. The van der Waals surface area contributed by atoms with Gasteiger partial charge in [0.2, 0.25) is 0 Å². The maximum atomic E-state index is 13.5. The molecule has 0 aliphatic heterocycles. The molecule has 6 fully saturated rings. The standard InChI is InChI=1S/C12H16N2O.C11H14F2N2O.2C11H15FN2O.C11H16N2O/c13-11-3-2-9(8-14-11)15-10-6-12(7-10)4-1-5-12;12-11(13)6-2-1-3-9(11)16-8-4-5-10(14)15-7-8;2*12-9-3-1-2-4-10(9)15-8-5-6-11(13)14-7-8;1-2-11(5-6-11)8-14-9-3-4-10(12)13-7-9/h2-3,8,10H,1,4-7H2,(H2,13,14);4-5,7,9H,1-3,6H2,(H2,14,15);2*5-7,9-10H,1-4H2,(H2,13,14);3-4,7H,2,5-6,8H2,1H3,(H2,12,13)/t;;9-,10+;9-,10-;/m..11./s1. The maximum Gasteiger partial charge on any atom is 0.284 e. The molecule has 11 rings (SSSR count). The molecule has 1 unspecified atom stereocenters. The molecule has 19 heteroatoms. The highest BCUT2D eigenvalue weighted by Gasteiger charge is 2.49. The van der Waals surface area contributed by atoms with E-state index in [9.17, 15) is 17.6 Å². The van der Waals surface area contributed by atoms with Gasteiger partial charge in [-0.1, -0.05) is 26.2 Å². The molecule has 5 aromatic rings. The van der Waals surface area contributed by atoms with Crippen LogP contribution in [0.2, 0.25) is 0 Å². The summed E-state index contributed by atoms with van der Waals surface area (Å²) in [5.41, 5.74) is 28.4. The Labute approximate surface area is 438 Å². The van der Waals surface area contributed by atoms with Gasteiger partial charge in [0.1, 0.15) is 82.4 Å². The maximum absolute atomic E-state index is 13.5. The number of hydrogen-bond acceptors (Lipinski definition) is 15. The van der Waals surface area contributed by atoms with Crippen LogP contribution in [0, 0.1) is 10.8 Å². The number of halogens is 4. The van der Waals surface area contributed by atoms with Crippen molar-refractivity contribution in [2.45, 2.75) is 178 Å². The Bertz CT molecular complexity index is 2370. The first-order valence-electron chi connectivity index (χ1n) is 26.6. The molecule has 5 heterocycles. The van der Waals surface area contributed by atoms with E-state index in [0.717, 1.165) is 63.1 Å². The highest BCUT2D eigenvalue weighted by Crippen LogP contribution is 2.56. The summed E-state index contributed by atoms with van der Waals surface area (Å²) in [4.78, 5) is 19.6. The van der Waals surface area contributed by atoms with E-state index in [-0.39, 0.29) is 18.6 Å². The zero-order chi connectivity index (χ0) is 53.3. The lowest BCUT2D eigenvalue weighted by Gasteiger charge is -2.53. The number of alkyl halides is 4. The largest absolute Gasteiger partial charge is 0.491 e. The number of ether oxygens (including phenoxy) is 5. The molecule has 0 bridgehead atoms. The molecule has 0 radical (unpaired) electrons. The second-order valence-electron chi connectivity index (χ2n) is 20.8. The van der Waals surface area contributed by atoms with Gasteiger partial charge in [-0.3, -0.25) is 0 Å². The number of nitrogen functional groups attached to an aromatic ring is 5. The molecule has 1 spiro atoms. The van der Waals surface area contributed by atoms with Crippen LogP contribution in [0.15, 0.2) is 91.6 Å². The van der Waals surface area contributed by atoms with Crippen LogP contribution in [0.4, 0.5) is 46.7 Å². The topological polar surface area (TPSA) is 241 Å². The van der Waals surface area contributed by atoms with Gasteiger partial charge in [0.05, 0.1) is 43.7 Å². The molecular weight excluding hydrogens is 969 g/mol. The minimum Gasteiger partial charge on any atom is -0.491 e. The summed E-state index contributed by atoms with van der Waals surface area (Å²) in [7, 11) is 0. The van der Waals surface area contributed by atoms with Crippen molar-refractivity contribution in [3.8, 4) is 28.7 Å². The predicted molar refractivity (Wildman–Crippen MR) is 284 cm³/mol. The fourth-order valence-corrected chi connectivity index (χ4v) is 9.69. The normalized spacial score (nSPS) is 23.6. The average Bonchev–Trinajstić information content (AvgIpc) is 4.18. The van der Waals surface area contributed by atoms with E-state index in [0.29, 0.717) is 89.0 Å². The Kier molecular flexibility index (Phi) is 20.1. The Morgan fingerprint density at radius 2 is 0.867 bits per heavy atom. The second-order valence-corrected chi connectivity index (χ2v) is 20.8. The highest BCUT2D eigenvalue weighted by molar-refractivity contribution is 5.35.